The van der Waals surface area contributed by atoms with Crippen LogP contribution in [-0.2, 0) is 16.0 Å². The third-order valence-electron chi connectivity index (χ3n) is 3.48. The minimum atomic E-state index is -0.482. The lowest BCUT2D eigenvalue weighted by atomic mass is 9.89. The molecule has 2 N–H and O–H groups in total. The number of aryl methyl sites for hydroxylation is 1. The van der Waals surface area contributed by atoms with Crippen LogP contribution in [0.5, 0.6) is 0 Å². The summed E-state index contributed by atoms with van der Waals surface area (Å²) in [5.41, 5.74) is 8.24. The van der Waals surface area contributed by atoms with Crippen molar-refractivity contribution < 1.29 is 9.53 Å². The van der Waals surface area contributed by atoms with Gasteiger partial charge in [-0.25, -0.2) is 0 Å². The van der Waals surface area contributed by atoms with E-state index in [9.17, 15) is 4.79 Å². The minimum absolute atomic E-state index is 0.106. The maximum absolute atomic E-state index is 11.9. The number of esters is 1. The first kappa shape index (κ1) is 13.1. The number of carbonyl (C=O) groups excluding carboxylic acids is 1. The number of rotatable bonds is 4. The summed E-state index contributed by atoms with van der Waals surface area (Å²) >= 11 is 0. The highest BCUT2D eigenvalue weighted by molar-refractivity contribution is 5.75. The Morgan fingerprint density at radius 1 is 1.50 bits per heavy atom. The summed E-state index contributed by atoms with van der Waals surface area (Å²) in [6.07, 6.45) is 4.53. The van der Waals surface area contributed by atoms with Gasteiger partial charge in [0, 0.05) is 0 Å². The summed E-state index contributed by atoms with van der Waals surface area (Å²) in [4.78, 5) is 11.9. The lowest BCUT2D eigenvalue weighted by Crippen LogP contribution is -2.33. The smallest absolute Gasteiger partial charge is 0.323 e. The largest absolute Gasteiger partial charge is 0.456 e. The zero-order chi connectivity index (χ0) is 13.0. The highest BCUT2D eigenvalue weighted by Crippen LogP contribution is 2.32. The molecule has 2 rings (SSSR count). The molecule has 3 heteroatoms. The highest BCUT2D eigenvalue weighted by Gasteiger charge is 2.25. The molecule has 3 nitrogen and oxygen atoms in total. The second-order valence-corrected chi connectivity index (χ2v) is 4.91. The van der Waals surface area contributed by atoms with E-state index >= 15 is 0 Å². The molecule has 1 aromatic carbocycles. The van der Waals surface area contributed by atoms with E-state index in [4.69, 9.17) is 10.5 Å². The van der Waals surface area contributed by atoms with Crippen LogP contribution in [0.1, 0.15) is 49.8 Å². The molecule has 1 aliphatic rings. The second-order valence-electron chi connectivity index (χ2n) is 4.91. The SMILES string of the molecule is CCC[C@@H](N)C(=O)OC1CCCc2ccccc21. The fraction of sp³-hybridized carbons (Fsp3) is 0.533. The van der Waals surface area contributed by atoms with Crippen LogP contribution >= 0.6 is 0 Å². The van der Waals surface area contributed by atoms with Gasteiger partial charge >= 0.3 is 5.97 Å². The van der Waals surface area contributed by atoms with E-state index in [-0.39, 0.29) is 12.1 Å². The molecule has 98 valence electrons. The fourth-order valence-corrected chi connectivity index (χ4v) is 2.49. The lowest BCUT2D eigenvalue weighted by molar-refractivity contribution is -0.152. The number of carbonyl (C=O) groups is 1. The first-order chi connectivity index (χ1) is 8.72. The van der Waals surface area contributed by atoms with Crippen LogP contribution in [-0.4, -0.2) is 12.0 Å². The molecule has 1 aliphatic carbocycles. The molecule has 0 spiro atoms. The summed E-state index contributed by atoms with van der Waals surface area (Å²) in [7, 11) is 0. The standard InChI is InChI=1S/C15H21NO2/c1-2-6-13(16)15(17)18-14-10-5-8-11-7-3-4-9-12(11)14/h3-4,7,9,13-14H,2,5-6,8,10,16H2,1H3/t13-,14?/m1/s1. The highest BCUT2D eigenvalue weighted by atomic mass is 16.5. The minimum Gasteiger partial charge on any atom is -0.456 e. The molecule has 0 saturated heterocycles. The molecule has 0 aliphatic heterocycles. The van der Waals surface area contributed by atoms with Crippen molar-refractivity contribution in [1.29, 1.82) is 0 Å². The Labute approximate surface area is 108 Å². The van der Waals surface area contributed by atoms with Gasteiger partial charge in [-0.3, -0.25) is 4.79 Å². The Balaban J connectivity index is 2.05. The van der Waals surface area contributed by atoms with E-state index in [0.717, 1.165) is 31.2 Å². The van der Waals surface area contributed by atoms with Gasteiger partial charge in [-0.15, -0.1) is 0 Å². The summed E-state index contributed by atoms with van der Waals surface area (Å²) in [5.74, 6) is -0.265. The molecule has 18 heavy (non-hydrogen) atoms. The Kier molecular flexibility index (Phi) is 4.37. The monoisotopic (exact) mass is 247 g/mol. The lowest BCUT2D eigenvalue weighted by Gasteiger charge is -2.26. The maximum Gasteiger partial charge on any atom is 0.323 e. The molecule has 0 saturated carbocycles. The maximum atomic E-state index is 11.9. The Morgan fingerprint density at radius 2 is 2.28 bits per heavy atom. The van der Waals surface area contributed by atoms with Crippen LogP contribution in [0.3, 0.4) is 0 Å². The summed E-state index contributed by atoms with van der Waals surface area (Å²) in [6, 6.07) is 7.71. The van der Waals surface area contributed by atoms with Gasteiger partial charge in [-0.1, -0.05) is 37.6 Å². The van der Waals surface area contributed by atoms with Crippen molar-refractivity contribution in [2.45, 2.75) is 51.2 Å². The normalized spacial score (nSPS) is 20.0. The predicted octanol–water partition coefficient (Wildman–Crippen LogP) is 2.73. The number of hydrogen-bond donors (Lipinski definition) is 1. The van der Waals surface area contributed by atoms with E-state index in [0.29, 0.717) is 6.42 Å². The molecule has 2 atom stereocenters. The van der Waals surface area contributed by atoms with E-state index in [1.54, 1.807) is 0 Å². The van der Waals surface area contributed by atoms with Gasteiger partial charge in [-0.2, -0.15) is 0 Å². The quantitative estimate of drug-likeness (QED) is 0.832. The molecule has 0 aromatic heterocycles. The molecule has 0 fully saturated rings. The summed E-state index contributed by atoms with van der Waals surface area (Å²) in [5, 5.41) is 0. The van der Waals surface area contributed by atoms with Crippen LogP contribution in [0.2, 0.25) is 0 Å². The van der Waals surface area contributed by atoms with Gasteiger partial charge in [0.15, 0.2) is 0 Å². The van der Waals surface area contributed by atoms with Gasteiger partial charge in [0.1, 0.15) is 12.1 Å². The molecule has 0 bridgehead atoms. The molecule has 0 amide bonds. The molecule has 0 radical (unpaired) electrons. The van der Waals surface area contributed by atoms with Crippen molar-refractivity contribution in [3.05, 3.63) is 35.4 Å². The van der Waals surface area contributed by atoms with Crippen LogP contribution in [0.15, 0.2) is 24.3 Å². The second kappa shape index (κ2) is 6.01. The first-order valence-electron chi connectivity index (χ1n) is 6.76. The van der Waals surface area contributed by atoms with Crippen molar-refractivity contribution in [2.24, 2.45) is 5.73 Å². The van der Waals surface area contributed by atoms with Gasteiger partial charge in [0.05, 0.1) is 0 Å². The number of benzene rings is 1. The predicted molar refractivity (Wildman–Crippen MR) is 71.1 cm³/mol. The third kappa shape index (κ3) is 2.91. The fourth-order valence-electron chi connectivity index (χ4n) is 2.49. The number of ether oxygens (including phenoxy) is 1. The van der Waals surface area contributed by atoms with Crippen molar-refractivity contribution >= 4 is 5.97 Å². The van der Waals surface area contributed by atoms with Gasteiger partial charge < -0.3 is 10.5 Å². The molecule has 1 aromatic rings. The molecule has 0 heterocycles. The van der Waals surface area contributed by atoms with Crippen LogP contribution in [0.4, 0.5) is 0 Å². The van der Waals surface area contributed by atoms with E-state index < -0.39 is 6.04 Å². The van der Waals surface area contributed by atoms with Crippen molar-refractivity contribution in [3.8, 4) is 0 Å². The average molecular weight is 247 g/mol. The summed E-state index contributed by atoms with van der Waals surface area (Å²) < 4.78 is 5.57. The first-order valence-corrected chi connectivity index (χ1v) is 6.76. The van der Waals surface area contributed by atoms with Crippen molar-refractivity contribution in [3.63, 3.8) is 0 Å². The van der Waals surface area contributed by atoms with Crippen molar-refractivity contribution in [1.82, 2.24) is 0 Å². The molecule has 1 unspecified atom stereocenters. The topological polar surface area (TPSA) is 52.3 Å². The van der Waals surface area contributed by atoms with Crippen LogP contribution < -0.4 is 5.73 Å². The van der Waals surface area contributed by atoms with Crippen LogP contribution in [0, 0.1) is 0 Å². The average Bonchev–Trinajstić information content (AvgIpc) is 2.39. The van der Waals surface area contributed by atoms with Crippen LogP contribution in [0.25, 0.3) is 0 Å². The van der Waals surface area contributed by atoms with Gasteiger partial charge in [-0.05, 0) is 36.8 Å². The zero-order valence-electron chi connectivity index (χ0n) is 10.9. The van der Waals surface area contributed by atoms with E-state index in [1.807, 2.05) is 19.1 Å². The molecular weight excluding hydrogens is 226 g/mol. The van der Waals surface area contributed by atoms with E-state index in [2.05, 4.69) is 12.1 Å². The Morgan fingerprint density at radius 3 is 3.06 bits per heavy atom. The van der Waals surface area contributed by atoms with Gasteiger partial charge in [0.2, 0.25) is 0 Å². The summed E-state index contributed by atoms with van der Waals surface area (Å²) in [6.45, 7) is 2.02. The Hall–Kier alpha value is -1.35. The van der Waals surface area contributed by atoms with E-state index in [1.165, 1.54) is 5.56 Å². The number of fused-ring (bicyclic) bond motifs is 1. The zero-order valence-corrected chi connectivity index (χ0v) is 10.9. The third-order valence-corrected chi connectivity index (χ3v) is 3.48. The Bertz CT molecular complexity index is 417. The van der Waals surface area contributed by atoms with Gasteiger partial charge in [0.25, 0.3) is 0 Å². The number of hydrogen-bond acceptors (Lipinski definition) is 3. The molecular formula is C15H21NO2. The van der Waals surface area contributed by atoms with Crippen molar-refractivity contribution in [2.75, 3.05) is 0 Å². The number of nitrogens with two attached hydrogens (primary N) is 1.